The zero-order chi connectivity index (χ0) is 10.2. The van der Waals surface area contributed by atoms with Crippen LogP contribution in [0.4, 0.5) is 0 Å². The van der Waals surface area contributed by atoms with Crippen molar-refractivity contribution in [3.05, 3.63) is 17.7 Å². The summed E-state index contributed by atoms with van der Waals surface area (Å²) in [6.07, 6.45) is 3.07. The third-order valence-corrected chi connectivity index (χ3v) is 2.53. The number of aromatic nitrogens is 2. The molecule has 1 aliphatic rings. The molecule has 0 aromatic carbocycles. The normalized spacial score (nSPS) is 16.8. The van der Waals surface area contributed by atoms with E-state index in [0.717, 1.165) is 26.1 Å². The van der Waals surface area contributed by atoms with Gasteiger partial charge in [-0.3, -0.25) is 0 Å². The summed E-state index contributed by atoms with van der Waals surface area (Å²) < 4.78 is 2.36. The van der Waals surface area contributed by atoms with Crippen molar-refractivity contribution in [3.63, 3.8) is 0 Å². The van der Waals surface area contributed by atoms with Gasteiger partial charge in [-0.25, -0.2) is 4.98 Å². The van der Waals surface area contributed by atoms with Crippen molar-refractivity contribution in [3.8, 4) is 0 Å². The Morgan fingerprint density at radius 3 is 3.00 bits per heavy atom. The van der Waals surface area contributed by atoms with E-state index in [-0.39, 0.29) is 0 Å². The zero-order valence-corrected chi connectivity index (χ0v) is 9.30. The lowest BCUT2D eigenvalue weighted by Crippen LogP contribution is -2.29. The number of nitrogens with zero attached hydrogens (tertiary/aromatic N) is 2. The van der Waals surface area contributed by atoms with E-state index in [1.807, 2.05) is 6.20 Å². The summed E-state index contributed by atoms with van der Waals surface area (Å²) in [6, 6.07) is 0. The molecule has 1 aromatic heterocycles. The number of imidazole rings is 1. The molecule has 14 heavy (non-hydrogen) atoms. The summed E-state index contributed by atoms with van der Waals surface area (Å²) in [5.74, 6) is 1.24. The van der Waals surface area contributed by atoms with Crippen molar-refractivity contribution in [1.82, 2.24) is 14.9 Å². The van der Waals surface area contributed by atoms with E-state index < -0.39 is 0 Å². The Morgan fingerprint density at radius 2 is 2.29 bits per heavy atom. The summed E-state index contributed by atoms with van der Waals surface area (Å²) in [4.78, 5) is 4.51. The van der Waals surface area contributed by atoms with Crippen LogP contribution in [0.25, 0.3) is 0 Å². The average molecular weight is 193 g/mol. The molecule has 78 valence electrons. The maximum atomic E-state index is 4.51. The molecule has 0 radical (unpaired) electrons. The molecule has 0 fully saturated rings. The number of rotatable bonds is 1. The van der Waals surface area contributed by atoms with Crippen LogP contribution in [0.2, 0.25) is 0 Å². The predicted octanol–water partition coefficient (Wildman–Crippen LogP) is 1.57. The van der Waals surface area contributed by atoms with E-state index in [4.69, 9.17) is 0 Å². The van der Waals surface area contributed by atoms with Crippen LogP contribution in [-0.2, 0) is 19.5 Å². The molecule has 0 spiro atoms. The van der Waals surface area contributed by atoms with E-state index >= 15 is 0 Å². The molecule has 0 atom stereocenters. The molecule has 2 heterocycles. The van der Waals surface area contributed by atoms with Crippen LogP contribution in [0.1, 0.15) is 32.3 Å². The summed E-state index contributed by atoms with van der Waals surface area (Å²) in [7, 11) is 0. The van der Waals surface area contributed by atoms with Gasteiger partial charge in [0.1, 0.15) is 5.82 Å². The summed E-state index contributed by atoms with van der Waals surface area (Å²) in [5.41, 5.74) is 1.66. The largest absolute Gasteiger partial charge is 0.330 e. The molecule has 1 aromatic rings. The predicted molar refractivity (Wildman–Crippen MR) is 57.1 cm³/mol. The van der Waals surface area contributed by atoms with Crippen molar-refractivity contribution in [2.75, 3.05) is 6.54 Å². The highest BCUT2D eigenvalue weighted by Gasteiger charge is 2.18. The van der Waals surface area contributed by atoms with Gasteiger partial charge in [0.05, 0.1) is 5.69 Å². The van der Waals surface area contributed by atoms with Crippen molar-refractivity contribution in [1.29, 1.82) is 0 Å². The fraction of sp³-hybridized carbons (Fsp3) is 0.727. The van der Waals surface area contributed by atoms with Crippen LogP contribution in [0.3, 0.4) is 0 Å². The van der Waals surface area contributed by atoms with E-state index in [0.29, 0.717) is 5.41 Å². The summed E-state index contributed by atoms with van der Waals surface area (Å²) in [5, 5.41) is 3.36. The molecule has 3 nitrogen and oxygen atoms in total. The summed E-state index contributed by atoms with van der Waals surface area (Å²) in [6.45, 7) is 9.89. The highest BCUT2D eigenvalue weighted by Crippen LogP contribution is 2.21. The zero-order valence-electron chi connectivity index (χ0n) is 9.30. The van der Waals surface area contributed by atoms with Gasteiger partial charge in [-0.05, 0) is 5.41 Å². The van der Waals surface area contributed by atoms with Crippen molar-refractivity contribution in [2.24, 2.45) is 5.41 Å². The highest BCUT2D eigenvalue weighted by atomic mass is 15.1. The lowest BCUT2D eigenvalue weighted by atomic mass is 9.92. The second kappa shape index (κ2) is 3.39. The first kappa shape index (κ1) is 9.71. The van der Waals surface area contributed by atoms with E-state index in [9.17, 15) is 0 Å². The van der Waals surface area contributed by atoms with E-state index in [2.05, 4.69) is 35.6 Å². The first-order valence-electron chi connectivity index (χ1n) is 5.30. The van der Waals surface area contributed by atoms with E-state index in [1.165, 1.54) is 11.5 Å². The Morgan fingerprint density at radius 1 is 1.50 bits per heavy atom. The molecule has 0 amide bonds. The topological polar surface area (TPSA) is 29.9 Å². The molecular formula is C11H19N3. The average Bonchev–Trinajstić information content (AvgIpc) is 2.47. The second-order valence-corrected chi connectivity index (χ2v) is 5.23. The van der Waals surface area contributed by atoms with Crippen LogP contribution in [0.5, 0.6) is 0 Å². The van der Waals surface area contributed by atoms with Crippen molar-refractivity contribution < 1.29 is 0 Å². The standard InChI is InChI=1S/C11H19N3/c1-11(2,3)6-10-13-8-9-7-12-4-5-14(9)10/h8,12H,4-7H2,1-3H3. The third-order valence-electron chi connectivity index (χ3n) is 2.53. The van der Waals surface area contributed by atoms with Gasteiger partial charge in [0.2, 0.25) is 0 Å². The maximum absolute atomic E-state index is 4.51. The molecule has 0 saturated carbocycles. The number of fused-ring (bicyclic) bond motifs is 1. The Balaban J connectivity index is 2.22. The molecule has 0 unspecified atom stereocenters. The van der Waals surface area contributed by atoms with Gasteiger partial charge >= 0.3 is 0 Å². The quantitative estimate of drug-likeness (QED) is 0.734. The van der Waals surface area contributed by atoms with Crippen molar-refractivity contribution in [2.45, 2.75) is 40.3 Å². The molecule has 3 heteroatoms. The minimum Gasteiger partial charge on any atom is -0.330 e. The van der Waals surface area contributed by atoms with Crippen LogP contribution < -0.4 is 5.32 Å². The van der Waals surface area contributed by atoms with Crippen LogP contribution in [-0.4, -0.2) is 16.1 Å². The fourth-order valence-corrected chi connectivity index (χ4v) is 1.89. The molecule has 0 saturated heterocycles. The lowest BCUT2D eigenvalue weighted by Gasteiger charge is -2.22. The number of hydrogen-bond acceptors (Lipinski definition) is 2. The van der Waals surface area contributed by atoms with Gasteiger partial charge in [-0.2, -0.15) is 0 Å². The fourth-order valence-electron chi connectivity index (χ4n) is 1.89. The van der Waals surface area contributed by atoms with E-state index in [1.54, 1.807) is 0 Å². The van der Waals surface area contributed by atoms with Gasteiger partial charge in [-0.15, -0.1) is 0 Å². The number of hydrogen-bond donors (Lipinski definition) is 1. The Labute approximate surface area is 85.5 Å². The SMILES string of the molecule is CC(C)(C)Cc1ncc2n1CCNC2. The first-order valence-corrected chi connectivity index (χ1v) is 5.30. The number of nitrogens with one attached hydrogen (secondary N) is 1. The molecule has 0 aliphatic carbocycles. The van der Waals surface area contributed by atoms with Gasteiger partial charge < -0.3 is 9.88 Å². The molecule has 0 bridgehead atoms. The molecule has 1 aliphatic heterocycles. The van der Waals surface area contributed by atoms with Gasteiger partial charge in [0.15, 0.2) is 0 Å². The van der Waals surface area contributed by atoms with Crippen LogP contribution in [0, 0.1) is 5.41 Å². The Bertz CT molecular complexity index is 320. The van der Waals surface area contributed by atoms with Crippen molar-refractivity contribution >= 4 is 0 Å². The Hall–Kier alpha value is -0.830. The Kier molecular flexibility index (Phi) is 2.35. The molecular weight excluding hydrogens is 174 g/mol. The minimum absolute atomic E-state index is 0.326. The van der Waals surface area contributed by atoms with Gasteiger partial charge in [-0.1, -0.05) is 20.8 Å². The van der Waals surface area contributed by atoms with Crippen LogP contribution >= 0.6 is 0 Å². The first-order chi connectivity index (χ1) is 6.56. The molecule has 2 rings (SSSR count). The second-order valence-electron chi connectivity index (χ2n) is 5.23. The van der Waals surface area contributed by atoms with Gasteiger partial charge in [0.25, 0.3) is 0 Å². The minimum atomic E-state index is 0.326. The monoisotopic (exact) mass is 193 g/mol. The molecule has 1 N–H and O–H groups in total. The third kappa shape index (κ3) is 1.98. The highest BCUT2D eigenvalue weighted by molar-refractivity contribution is 5.08. The lowest BCUT2D eigenvalue weighted by molar-refractivity contribution is 0.384. The summed E-state index contributed by atoms with van der Waals surface area (Å²) >= 11 is 0. The van der Waals surface area contributed by atoms with Gasteiger partial charge in [0, 0.05) is 32.3 Å². The maximum Gasteiger partial charge on any atom is 0.109 e. The van der Waals surface area contributed by atoms with Crippen LogP contribution in [0.15, 0.2) is 6.20 Å². The smallest absolute Gasteiger partial charge is 0.109 e.